The lowest BCUT2D eigenvalue weighted by atomic mass is 10.0. The quantitative estimate of drug-likeness (QED) is 0.499. The minimum absolute atomic E-state index is 0.117. The van der Waals surface area contributed by atoms with E-state index in [2.05, 4.69) is 10.6 Å². The molecule has 1 unspecified atom stereocenters. The number of hydrogen-bond acceptors (Lipinski definition) is 4. The van der Waals surface area contributed by atoms with Crippen molar-refractivity contribution < 1.29 is 14.4 Å². The predicted molar refractivity (Wildman–Crippen MR) is 135 cm³/mol. The van der Waals surface area contributed by atoms with Crippen molar-refractivity contribution >= 4 is 34.7 Å². The van der Waals surface area contributed by atoms with E-state index in [1.807, 2.05) is 66.9 Å². The molecule has 34 heavy (non-hydrogen) atoms. The molecule has 1 aliphatic carbocycles. The van der Waals surface area contributed by atoms with Gasteiger partial charge in [0, 0.05) is 11.7 Å². The van der Waals surface area contributed by atoms with Crippen molar-refractivity contribution in [1.29, 1.82) is 0 Å². The van der Waals surface area contributed by atoms with Crippen LogP contribution in [0.2, 0.25) is 0 Å². The molecule has 2 N–H and O–H groups in total. The van der Waals surface area contributed by atoms with Crippen LogP contribution in [0.1, 0.15) is 52.5 Å². The Morgan fingerprint density at radius 3 is 2.44 bits per heavy atom. The highest BCUT2D eigenvalue weighted by molar-refractivity contribution is 7.12. The zero-order valence-corrected chi connectivity index (χ0v) is 20.0. The Morgan fingerprint density at radius 2 is 1.76 bits per heavy atom. The normalized spacial score (nSPS) is 14.4. The average Bonchev–Trinajstić information content (AvgIpc) is 3.56. The average molecular weight is 476 g/mol. The van der Waals surface area contributed by atoms with Gasteiger partial charge in [-0.2, -0.15) is 0 Å². The summed E-state index contributed by atoms with van der Waals surface area (Å²) in [4.78, 5) is 41.8. The Hall–Kier alpha value is -3.45. The second-order valence-corrected chi connectivity index (χ2v) is 9.51. The predicted octanol–water partition coefficient (Wildman–Crippen LogP) is 4.62. The lowest BCUT2D eigenvalue weighted by molar-refractivity contribution is -0.126. The number of rotatable bonds is 8. The van der Waals surface area contributed by atoms with E-state index >= 15 is 0 Å². The molecule has 0 aliphatic heterocycles. The molecule has 0 radical (unpaired) electrons. The third-order valence-corrected chi connectivity index (χ3v) is 6.89. The fourth-order valence-corrected chi connectivity index (χ4v) is 4.99. The van der Waals surface area contributed by atoms with Gasteiger partial charge in [0.05, 0.1) is 11.4 Å². The largest absolute Gasteiger partial charge is 0.351 e. The number of hydrogen-bond donors (Lipinski definition) is 2. The molecule has 1 atom stereocenters. The van der Waals surface area contributed by atoms with Crippen LogP contribution in [0.4, 0.5) is 5.69 Å². The van der Waals surface area contributed by atoms with Gasteiger partial charge in [-0.3, -0.25) is 19.3 Å². The van der Waals surface area contributed by atoms with Gasteiger partial charge >= 0.3 is 0 Å². The maximum Gasteiger partial charge on any atom is 0.261 e. The summed E-state index contributed by atoms with van der Waals surface area (Å²) in [6, 6.07) is 19.6. The molecule has 1 fully saturated rings. The van der Waals surface area contributed by atoms with Crippen molar-refractivity contribution in [2.24, 2.45) is 0 Å². The van der Waals surface area contributed by atoms with Crippen LogP contribution < -0.4 is 15.5 Å². The number of nitrogens with zero attached hydrogens (tertiary/aromatic N) is 1. The van der Waals surface area contributed by atoms with Gasteiger partial charge in [-0.15, -0.1) is 11.3 Å². The highest BCUT2D eigenvalue weighted by Crippen LogP contribution is 2.30. The molecule has 176 valence electrons. The van der Waals surface area contributed by atoms with Crippen LogP contribution in [0.15, 0.2) is 72.1 Å². The van der Waals surface area contributed by atoms with Crippen LogP contribution in [0.5, 0.6) is 0 Å². The van der Waals surface area contributed by atoms with Gasteiger partial charge < -0.3 is 10.6 Å². The van der Waals surface area contributed by atoms with Gasteiger partial charge in [0.15, 0.2) is 0 Å². The summed E-state index contributed by atoms with van der Waals surface area (Å²) in [5, 5.41) is 7.70. The smallest absolute Gasteiger partial charge is 0.261 e. The van der Waals surface area contributed by atoms with Crippen LogP contribution in [-0.2, 0) is 9.59 Å². The van der Waals surface area contributed by atoms with E-state index in [1.54, 1.807) is 12.1 Å². The summed E-state index contributed by atoms with van der Waals surface area (Å²) >= 11 is 1.31. The third-order valence-electron chi connectivity index (χ3n) is 6.02. The number of carbonyl (C=O) groups excluding carboxylic acids is 3. The van der Waals surface area contributed by atoms with E-state index in [0.717, 1.165) is 36.8 Å². The minimum atomic E-state index is -0.852. The van der Waals surface area contributed by atoms with Crippen molar-refractivity contribution in [3.05, 3.63) is 88.1 Å². The van der Waals surface area contributed by atoms with Gasteiger partial charge in [0.1, 0.15) is 6.04 Å². The zero-order valence-electron chi connectivity index (χ0n) is 19.2. The van der Waals surface area contributed by atoms with E-state index in [0.29, 0.717) is 10.6 Å². The highest BCUT2D eigenvalue weighted by Gasteiger charge is 2.34. The molecule has 0 bridgehead atoms. The number of nitrogens with one attached hydrogen (secondary N) is 2. The van der Waals surface area contributed by atoms with Crippen molar-refractivity contribution in [2.75, 3.05) is 11.4 Å². The van der Waals surface area contributed by atoms with E-state index in [1.165, 1.54) is 16.2 Å². The number of benzene rings is 2. The van der Waals surface area contributed by atoms with E-state index in [4.69, 9.17) is 0 Å². The Labute approximate surface area is 204 Å². The number of carbonyl (C=O) groups is 3. The monoisotopic (exact) mass is 475 g/mol. The summed E-state index contributed by atoms with van der Waals surface area (Å²) in [5.74, 6) is -0.873. The fraction of sp³-hybridized carbons (Fsp3) is 0.296. The maximum absolute atomic E-state index is 13.6. The van der Waals surface area contributed by atoms with E-state index in [-0.39, 0.29) is 30.3 Å². The molecule has 3 amide bonds. The number of thiophene rings is 1. The molecule has 3 aromatic rings. The molecule has 1 saturated carbocycles. The van der Waals surface area contributed by atoms with Crippen LogP contribution in [0.3, 0.4) is 0 Å². The highest BCUT2D eigenvalue weighted by atomic mass is 32.1. The second-order valence-electron chi connectivity index (χ2n) is 8.57. The second kappa shape index (κ2) is 11.1. The Balaban J connectivity index is 1.66. The van der Waals surface area contributed by atoms with Gasteiger partial charge in [-0.25, -0.2) is 0 Å². The molecule has 1 heterocycles. The van der Waals surface area contributed by atoms with Crippen molar-refractivity contribution in [2.45, 2.75) is 44.7 Å². The van der Waals surface area contributed by atoms with Crippen molar-refractivity contribution in [1.82, 2.24) is 10.6 Å². The van der Waals surface area contributed by atoms with Crippen LogP contribution in [0.25, 0.3) is 0 Å². The first-order valence-electron chi connectivity index (χ1n) is 11.6. The maximum atomic E-state index is 13.6. The molecule has 0 spiro atoms. The van der Waals surface area contributed by atoms with E-state index < -0.39 is 6.04 Å². The van der Waals surface area contributed by atoms with Gasteiger partial charge in [-0.1, -0.05) is 61.4 Å². The van der Waals surface area contributed by atoms with Crippen LogP contribution in [0, 0.1) is 6.92 Å². The molecule has 7 heteroatoms. The molecule has 0 saturated heterocycles. The fourth-order valence-electron chi connectivity index (χ4n) is 4.35. The van der Waals surface area contributed by atoms with Crippen molar-refractivity contribution in [3.8, 4) is 0 Å². The van der Waals surface area contributed by atoms with Gasteiger partial charge in [-0.05, 0) is 54.5 Å². The molecular weight excluding hydrogens is 446 g/mol. The number of aryl methyl sites for hydroxylation is 1. The van der Waals surface area contributed by atoms with E-state index in [9.17, 15) is 14.4 Å². The molecule has 1 aromatic heterocycles. The molecule has 6 nitrogen and oxygen atoms in total. The number of amides is 3. The number of anilines is 1. The zero-order chi connectivity index (χ0) is 23.9. The Kier molecular flexibility index (Phi) is 7.75. The lowest BCUT2D eigenvalue weighted by Gasteiger charge is -2.32. The Bertz CT molecular complexity index is 1130. The molecule has 1 aliphatic rings. The van der Waals surface area contributed by atoms with Crippen LogP contribution >= 0.6 is 11.3 Å². The summed E-state index contributed by atoms with van der Waals surface area (Å²) in [6.07, 6.45) is 4.08. The minimum Gasteiger partial charge on any atom is -0.351 e. The molecular formula is C27H29N3O3S. The topological polar surface area (TPSA) is 78.5 Å². The Morgan fingerprint density at radius 1 is 1.00 bits per heavy atom. The summed E-state index contributed by atoms with van der Waals surface area (Å²) in [5.41, 5.74) is 2.31. The summed E-state index contributed by atoms with van der Waals surface area (Å²) < 4.78 is 0. The summed E-state index contributed by atoms with van der Waals surface area (Å²) in [6.45, 7) is 1.73. The molecule has 4 rings (SSSR count). The first-order valence-corrected chi connectivity index (χ1v) is 12.5. The molecule has 2 aromatic carbocycles. The first kappa shape index (κ1) is 23.7. The van der Waals surface area contributed by atoms with Crippen molar-refractivity contribution in [3.63, 3.8) is 0 Å². The SMILES string of the molecule is Cc1cccc(N(C(=O)CNC(=O)c2cccs2)C(C(=O)NC2CCCC2)c2ccccc2)c1. The van der Waals surface area contributed by atoms with Gasteiger partial charge in [0.25, 0.3) is 5.91 Å². The summed E-state index contributed by atoms with van der Waals surface area (Å²) in [7, 11) is 0. The van der Waals surface area contributed by atoms with Gasteiger partial charge in [0.2, 0.25) is 11.8 Å². The van der Waals surface area contributed by atoms with Crippen LogP contribution in [-0.4, -0.2) is 30.3 Å². The standard InChI is InChI=1S/C27H29N3O3S/c1-19-9-7-14-22(17-19)30(24(31)18-28-26(32)23-15-8-16-34-23)25(20-10-3-2-4-11-20)27(33)29-21-12-5-6-13-21/h2-4,7-11,14-17,21,25H,5-6,12-13,18H2,1H3,(H,28,32)(H,29,33). The third kappa shape index (κ3) is 5.72. The first-order chi connectivity index (χ1) is 16.5. The lowest BCUT2D eigenvalue weighted by Crippen LogP contribution is -2.49.